The van der Waals surface area contributed by atoms with Crippen LogP contribution in [0.25, 0.3) is 0 Å². The number of aliphatic hydroxyl groups is 1. The summed E-state index contributed by atoms with van der Waals surface area (Å²) in [4.78, 5) is 36.8. The molecule has 0 saturated carbocycles. The van der Waals surface area contributed by atoms with Crippen molar-refractivity contribution in [1.82, 2.24) is 4.90 Å². The van der Waals surface area contributed by atoms with E-state index in [1.54, 1.807) is 12.1 Å². The van der Waals surface area contributed by atoms with E-state index in [2.05, 4.69) is 5.32 Å². The van der Waals surface area contributed by atoms with Crippen LogP contribution in [0.5, 0.6) is 5.75 Å². The number of carboxylic acids is 1. The van der Waals surface area contributed by atoms with Gasteiger partial charge in [0.25, 0.3) is 5.91 Å². The Kier molecular flexibility index (Phi) is 6.83. The van der Waals surface area contributed by atoms with Crippen molar-refractivity contribution in [2.24, 2.45) is 0 Å². The van der Waals surface area contributed by atoms with Crippen LogP contribution in [0.1, 0.15) is 16.3 Å². The highest BCUT2D eigenvalue weighted by molar-refractivity contribution is 6.32. The normalized spacial score (nSPS) is 13.5. The average Bonchev–Trinajstić information content (AvgIpc) is 3.34. The number of hydrogen-bond donors (Lipinski definition) is 3. The largest absolute Gasteiger partial charge is 0.484 e. The fourth-order valence-electron chi connectivity index (χ4n) is 2.91. The van der Waals surface area contributed by atoms with E-state index < -0.39 is 17.8 Å². The quantitative estimate of drug-likeness (QED) is 0.488. The molecule has 0 radical (unpaired) electrons. The highest BCUT2D eigenvalue weighted by atomic mass is 35.5. The van der Waals surface area contributed by atoms with Crippen molar-refractivity contribution in [2.75, 3.05) is 32.1 Å². The second kappa shape index (κ2) is 9.54. The highest BCUT2D eigenvalue weighted by Gasteiger charge is 2.34. The molecular weight excluding hydrogens is 432 g/mol. The van der Waals surface area contributed by atoms with Crippen LogP contribution in [-0.4, -0.2) is 59.8 Å². The first-order chi connectivity index (χ1) is 14.8. The van der Waals surface area contributed by atoms with E-state index in [0.717, 1.165) is 0 Å². The molecule has 31 heavy (non-hydrogen) atoms. The Hall–Kier alpha value is -3.50. The minimum Gasteiger partial charge on any atom is -0.484 e. The van der Waals surface area contributed by atoms with Gasteiger partial charge in [0, 0.05) is 12.2 Å². The molecule has 10 nitrogen and oxygen atoms in total. The van der Waals surface area contributed by atoms with E-state index in [4.69, 9.17) is 35.7 Å². The number of esters is 1. The molecule has 1 aliphatic rings. The number of methoxy groups -OCH3 is 1. The van der Waals surface area contributed by atoms with Gasteiger partial charge in [-0.3, -0.25) is 4.79 Å². The number of aliphatic hydroxyl groups excluding tert-OH is 1. The molecule has 3 rings (SSSR count). The van der Waals surface area contributed by atoms with Crippen LogP contribution in [0, 0.1) is 0 Å². The molecule has 1 aromatic heterocycles. The summed E-state index contributed by atoms with van der Waals surface area (Å²) in [5, 5.41) is 21.1. The molecule has 0 spiro atoms. The number of nitrogens with one attached hydrogen (secondary N) is 1. The molecule has 0 aliphatic carbocycles. The number of benzene rings is 1. The lowest BCUT2D eigenvalue weighted by molar-refractivity contribution is -0.136. The number of halogens is 1. The van der Waals surface area contributed by atoms with Gasteiger partial charge in [-0.25, -0.2) is 9.59 Å². The number of carbonyl (C=O) groups is 3. The van der Waals surface area contributed by atoms with E-state index in [0.29, 0.717) is 17.2 Å². The van der Waals surface area contributed by atoms with Crippen molar-refractivity contribution < 1.29 is 38.5 Å². The van der Waals surface area contributed by atoms with Gasteiger partial charge in [-0.15, -0.1) is 0 Å². The summed E-state index contributed by atoms with van der Waals surface area (Å²) in [5.74, 6) is -1.86. The maximum Gasteiger partial charge on any atom is 0.371 e. The molecule has 0 bridgehead atoms. The molecule has 1 amide bonds. The van der Waals surface area contributed by atoms with Crippen molar-refractivity contribution in [1.29, 1.82) is 0 Å². The Morgan fingerprint density at radius 2 is 2.06 bits per heavy atom. The maximum atomic E-state index is 12.6. The number of ether oxygens (including phenoxy) is 2. The van der Waals surface area contributed by atoms with Gasteiger partial charge in [0.2, 0.25) is 5.76 Å². The summed E-state index contributed by atoms with van der Waals surface area (Å²) >= 11 is 6.25. The van der Waals surface area contributed by atoms with Crippen LogP contribution in [0.2, 0.25) is 5.02 Å². The van der Waals surface area contributed by atoms with Crippen molar-refractivity contribution in [3.63, 3.8) is 0 Å². The summed E-state index contributed by atoms with van der Waals surface area (Å²) in [6.45, 7) is -0.180. The number of furan rings is 1. The number of aromatic carboxylic acids is 1. The smallest absolute Gasteiger partial charge is 0.371 e. The number of hydrogen-bond acceptors (Lipinski definition) is 8. The van der Waals surface area contributed by atoms with Gasteiger partial charge in [0.15, 0.2) is 0 Å². The lowest BCUT2D eigenvalue weighted by atomic mass is 10.2. The van der Waals surface area contributed by atoms with Crippen molar-refractivity contribution in [3.05, 3.63) is 58.1 Å². The minimum atomic E-state index is -1.18. The van der Waals surface area contributed by atoms with Crippen molar-refractivity contribution in [3.8, 4) is 5.75 Å². The Morgan fingerprint density at radius 1 is 1.29 bits per heavy atom. The highest BCUT2D eigenvalue weighted by Crippen LogP contribution is 2.30. The van der Waals surface area contributed by atoms with Crippen LogP contribution < -0.4 is 10.1 Å². The molecule has 2 aromatic rings. The molecule has 1 aromatic carbocycles. The van der Waals surface area contributed by atoms with Crippen molar-refractivity contribution >= 4 is 35.1 Å². The van der Waals surface area contributed by atoms with Crippen molar-refractivity contribution in [2.45, 2.75) is 6.61 Å². The van der Waals surface area contributed by atoms with Gasteiger partial charge in [-0.1, -0.05) is 11.6 Å². The predicted molar refractivity (Wildman–Crippen MR) is 108 cm³/mol. The van der Waals surface area contributed by atoms with Gasteiger partial charge in [-0.05, 0) is 30.3 Å². The molecule has 1 aliphatic heterocycles. The van der Waals surface area contributed by atoms with Crippen LogP contribution in [-0.2, 0) is 20.9 Å². The molecule has 0 fully saturated rings. The number of nitrogens with zero attached hydrogens (tertiary/aromatic N) is 1. The summed E-state index contributed by atoms with van der Waals surface area (Å²) in [6, 6.07) is 7.45. The lowest BCUT2D eigenvalue weighted by Gasteiger charge is -2.15. The van der Waals surface area contributed by atoms with Gasteiger partial charge in [0.1, 0.15) is 23.8 Å². The molecular formula is C20H19ClN2O8. The van der Waals surface area contributed by atoms with E-state index in [1.165, 1.54) is 30.2 Å². The van der Waals surface area contributed by atoms with Gasteiger partial charge in [-0.2, -0.15) is 0 Å². The number of β-amino-alcohol motifs (C(OH)–C–C–N with tert-alkyl or cyclic N) is 1. The molecule has 0 saturated heterocycles. The first kappa shape index (κ1) is 22.2. The second-order valence-electron chi connectivity index (χ2n) is 6.43. The van der Waals surface area contributed by atoms with E-state index in [9.17, 15) is 14.4 Å². The fraction of sp³-hybridized carbons (Fsp3) is 0.250. The maximum absolute atomic E-state index is 12.6. The molecule has 3 N–H and O–H groups in total. The van der Waals surface area contributed by atoms with E-state index in [1.807, 2.05) is 0 Å². The Bertz CT molecular complexity index is 1050. The van der Waals surface area contributed by atoms with Crippen LogP contribution >= 0.6 is 11.6 Å². The van der Waals surface area contributed by atoms with Gasteiger partial charge < -0.3 is 34.3 Å². The number of carbonyl (C=O) groups excluding carboxylic acids is 2. The Labute approximate surface area is 181 Å². The molecule has 164 valence electrons. The Balaban J connectivity index is 1.73. The topological polar surface area (TPSA) is 139 Å². The van der Waals surface area contributed by atoms with Crippen LogP contribution in [0.3, 0.4) is 0 Å². The standard InChI is InChI=1S/C20H19ClN2O8/c1-29-20(28)13-9-23(6-7-24)18(25)17(13)22-11-2-4-15(14(21)8-11)30-10-12-3-5-16(31-12)19(26)27/h2-5,8,22,24H,6-7,9-10H2,1H3,(H,26,27). The summed E-state index contributed by atoms with van der Waals surface area (Å²) < 4.78 is 15.4. The van der Waals surface area contributed by atoms with Crippen LogP contribution in [0.15, 0.2) is 46.0 Å². The first-order valence-corrected chi connectivity index (χ1v) is 9.44. The van der Waals surface area contributed by atoms with Gasteiger partial charge >= 0.3 is 11.9 Å². The summed E-state index contributed by atoms with van der Waals surface area (Å²) in [7, 11) is 1.22. The zero-order valence-electron chi connectivity index (χ0n) is 16.4. The number of carboxylic acid groups (broad SMARTS) is 1. The third kappa shape index (κ3) is 4.98. The summed E-state index contributed by atoms with van der Waals surface area (Å²) in [5.41, 5.74) is 0.616. The van der Waals surface area contributed by atoms with E-state index in [-0.39, 0.29) is 48.4 Å². The lowest BCUT2D eigenvalue weighted by Crippen LogP contribution is -2.31. The SMILES string of the molecule is COC(=O)C1=C(Nc2ccc(OCc3ccc(C(=O)O)o3)c(Cl)c2)C(=O)N(CCO)C1. The predicted octanol–water partition coefficient (Wildman–Crippen LogP) is 1.88. The van der Waals surface area contributed by atoms with E-state index >= 15 is 0 Å². The van der Waals surface area contributed by atoms with Gasteiger partial charge in [0.05, 0.1) is 30.9 Å². The number of anilines is 1. The average molecular weight is 451 g/mol. The van der Waals surface area contributed by atoms with Crippen LogP contribution in [0.4, 0.5) is 5.69 Å². The zero-order chi connectivity index (χ0) is 22.5. The monoisotopic (exact) mass is 450 g/mol. The Morgan fingerprint density at radius 3 is 2.68 bits per heavy atom. The number of amides is 1. The minimum absolute atomic E-state index is 0.0187. The molecule has 11 heteroatoms. The third-order valence-corrected chi connectivity index (χ3v) is 4.69. The second-order valence-corrected chi connectivity index (χ2v) is 6.83. The third-order valence-electron chi connectivity index (χ3n) is 4.40. The fourth-order valence-corrected chi connectivity index (χ4v) is 3.14. The molecule has 0 unspecified atom stereocenters. The first-order valence-electron chi connectivity index (χ1n) is 9.07. The molecule has 0 atom stereocenters. The zero-order valence-corrected chi connectivity index (χ0v) is 17.1. The molecule has 2 heterocycles. The number of rotatable bonds is 9. The summed E-state index contributed by atoms with van der Waals surface area (Å²) in [6.07, 6.45) is 0.